The summed E-state index contributed by atoms with van der Waals surface area (Å²) in [5.74, 6) is -0.963. The zero-order valence-electron chi connectivity index (χ0n) is 11.1. The van der Waals surface area contributed by atoms with Gasteiger partial charge in [0.25, 0.3) is 0 Å². The van der Waals surface area contributed by atoms with Gasteiger partial charge in [0.05, 0.1) is 0 Å². The maximum Gasteiger partial charge on any atom is 0.425 e. The highest BCUT2D eigenvalue weighted by atomic mass is 32.3. The molecule has 0 aromatic carbocycles. The Bertz CT molecular complexity index is 490. The van der Waals surface area contributed by atoms with Gasteiger partial charge in [0.2, 0.25) is 11.8 Å². The van der Waals surface area contributed by atoms with Gasteiger partial charge in [0.15, 0.2) is 0 Å². The number of rotatable bonds is 5. The first kappa shape index (κ1) is 32.1. The highest BCUT2D eigenvalue weighted by Gasteiger charge is 2.13. The van der Waals surface area contributed by atoms with Gasteiger partial charge in [-0.25, -0.2) is 0 Å². The third kappa shape index (κ3) is 64.0. The van der Waals surface area contributed by atoms with Crippen molar-refractivity contribution in [3.8, 4) is 0 Å². The van der Waals surface area contributed by atoms with Crippen LogP contribution in [0.2, 0.25) is 0 Å². The lowest BCUT2D eigenvalue weighted by Gasteiger charge is -1.92. The first-order valence-corrected chi connectivity index (χ1v) is 6.64. The van der Waals surface area contributed by atoms with Crippen LogP contribution in [0.15, 0.2) is 25.3 Å². The van der Waals surface area contributed by atoms with E-state index in [1.165, 1.54) is 0 Å². The lowest BCUT2D eigenvalue weighted by atomic mass is 10.6. The van der Waals surface area contributed by atoms with E-state index in [9.17, 15) is 26.4 Å². The molecule has 0 saturated heterocycles. The summed E-state index contributed by atoms with van der Waals surface area (Å²) < 4.78 is 58.9. The summed E-state index contributed by atoms with van der Waals surface area (Å²) >= 11 is 0. The van der Waals surface area contributed by atoms with Crippen molar-refractivity contribution in [2.75, 3.05) is 0 Å². The van der Waals surface area contributed by atoms with Gasteiger partial charge in [-0.15, -0.1) is 0 Å². The average Bonchev–Trinajstić information content (AvgIpc) is 2.26. The monoisotopic (exact) mass is 370 g/mol. The van der Waals surface area contributed by atoms with Crippen LogP contribution in [-0.2, 0) is 39.1 Å². The maximum atomic E-state index is 9.51. The smallest absolute Gasteiger partial charge is 0.366 e. The Labute approximate surface area is 126 Å². The van der Waals surface area contributed by atoms with Crippen molar-refractivity contribution in [3.05, 3.63) is 25.3 Å². The molecular weight excluding hydrogens is 352 g/mol. The second-order valence-electron chi connectivity index (χ2n) is 2.20. The zero-order chi connectivity index (χ0) is 17.0. The minimum Gasteiger partial charge on any atom is -0.366 e. The van der Waals surface area contributed by atoms with Crippen molar-refractivity contribution < 1.29 is 44.2 Å². The quantitative estimate of drug-likeness (QED) is 0.135. The van der Waals surface area contributed by atoms with Crippen LogP contribution in [0.3, 0.4) is 0 Å². The number of hydrogen-bond acceptors (Lipinski definition) is 10. The highest BCUT2D eigenvalue weighted by Crippen LogP contribution is 1.92. The number of carbonyl (C=O) groups excluding carboxylic acids is 2. The molecule has 0 heterocycles. The minimum atomic E-state index is -5.02. The molecular formula is C6H18N4O10S2. The first-order chi connectivity index (χ1) is 8.75. The van der Waals surface area contributed by atoms with Crippen molar-refractivity contribution in [3.63, 3.8) is 0 Å². The lowest BCUT2D eigenvalue weighted by molar-refractivity contribution is -0.114. The predicted molar refractivity (Wildman–Crippen MR) is 74.1 cm³/mol. The normalized spacial score (nSPS) is 9.00. The number of primary amides is 2. The summed E-state index contributed by atoms with van der Waals surface area (Å²) in [4.78, 5) is 18.9. The molecule has 22 heavy (non-hydrogen) atoms. The van der Waals surface area contributed by atoms with E-state index in [0.717, 1.165) is 12.2 Å². The second kappa shape index (κ2) is 15.5. The van der Waals surface area contributed by atoms with Crippen molar-refractivity contribution in [1.82, 2.24) is 12.3 Å². The Morgan fingerprint density at radius 1 is 0.818 bits per heavy atom. The molecule has 0 fully saturated rings. The Morgan fingerprint density at radius 3 is 1.00 bits per heavy atom. The van der Waals surface area contributed by atoms with Crippen LogP contribution >= 0.6 is 0 Å². The van der Waals surface area contributed by atoms with E-state index in [1.54, 1.807) is 0 Å². The SMILES string of the molecule is C=CC(N)=O.C=CC(N)=O.N.N.O=S(=O)(O)OOS(=O)(=O)O. The fourth-order valence-corrected chi connectivity index (χ4v) is 0.632. The molecule has 0 atom stereocenters. The topological polar surface area (TPSA) is 283 Å². The summed E-state index contributed by atoms with van der Waals surface area (Å²) in [5, 5.41) is 0. The Balaban J connectivity index is -0.0000000692. The number of carbonyl (C=O) groups is 2. The third-order valence-electron chi connectivity index (χ3n) is 0.602. The van der Waals surface area contributed by atoms with Gasteiger partial charge in [-0.3, -0.25) is 18.7 Å². The number of nitrogens with two attached hydrogens (primary N) is 2. The molecule has 12 N–H and O–H groups in total. The van der Waals surface area contributed by atoms with E-state index in [4.69, 9.17) is 9.11 Å². The highest BCUT2D eigenvalue weighted by molar-refractivity contribution is 7.83. The molecule has 0 aromatic rings. The molecule has 16 heteroatoms. The van der Waals surface area contributed by atoms with Gasteiger partial charge in [-0.2, -0.15) is 16.8 Å². The summed E-state index contributed by atoms with van der Waals surface area (Å²) in [6, 6.07) is 0. The van der Waals surface area contributed by atoms with Crippen molar-refractivity contribution in [2.24, 2.45) is 11.5 Å². The van der Waals surface area contributed by atoms with E-state index in [1.807, 2.05) is 0 Å². The molecule has 0 unspecified atom stereocenters. The van der Waals surface area contributed by atoms with Crippen LogP contribution in [0.4, 0.5) is 0 Å². The van der Waals surface area contributed by atoms with Crippen LogP contribution in [0.5, 0.6) is 0 Å². The van der Waals surface area contributed by atoms with Gasteiger partial charge < -0.3 is 23.8 Å². The van der Waals surface area contributed by atoms with Crippen molar-refractivity contribution >= 4 is 32.6 Å². The average molecular weight is 370 g/mol. The van der Waals surface area contributed by atoms with Crippen molar-refractivity contribution in [1.29, 1.82) is 0 Å². The van der Waals surface area contributed by atoms with Gasteiger partial charge in [0.1, 0.15) is 0 Å². The molecule has 0 aliphatic carbocycles. The third-order valence-corrected chi connectivity index (χ3v) is 1.17. The molecule has 0 saturated carbocycles. The molecule has 0 spiro atoms. The van der Waals surface area contributed by atoms with Crippen LogP contribution in [0.25, 0.3) is 0 Å². The van der Waals surface area contributed by atoms with Gasteiger partial charge in [0, 0.05) is 0 Å². The standard InChI is InChI=1S/2C3H5NO.2H3N.H2O8S2/c2*1-2-3(4)5;;;1-9(2,3)7-8-10(4,5)6/h2*2H,1H2,(H2,4,5);2*1H3;(H,1,2,3)(H,4,5,6). The van der Waals surface area contributed by atoms with Crippen LogP contribution in [-0.4, -0.2) is 37.8 Å². The fourth-order valence-electron chi connectivity index (χ4n) is 0.0702. The largest absolute Gasteiger partial charge is 0.425 e. The van der Waals surface area contributed by atoms with E-state index < -0.39 is 32.6 Å². The molecule has 0 aromatic heterocycles. The van der Waals surface area contributed by atoms with Crippen LogP contribution in [0.1, 0.15) is 0 Å². The number of amides is 2. The van der Waals surface area contributed by atoms with E-state index in [-0.39, 0.29) is 12.3 Å². The Kier molecular flexibility index (Phi) is 22.6. The Morgan fingerprint density at radius 2 is 0.955 bits per heavy atom. The van der Waals surface area contributed by atoms with Crippen molar-refractivity contribution in [2.45, 2.75) is 0 Å². The molecule has 0 aliphatic rings. The van der Waals surface area contributed by atoms with Gasteiger partial charge in [-0.05, 0) is 12.2 Å². The molecule has 0 aliphatic heterocycles. The predicted octanol–water partition coefficient (Wildman–Crippen LogP) is -1.82. The summed E-state index contributed by atoms with van der Waals surface area (Å²) in [5.41, 5.74) is 9.07. The van der Waals surface area contributed by atoms with Crippen LogP contribution < -0.4 is 23.8 Å². The molecule has 0 rings (SSSR count). The lowest BCUT2D eigenvalue weighted by Crippen LogP contribution is -2.10. The molecule has 0 radical (unpaired) electrons. The van der Waals surface area contributed by atoms with Gasteiger partial charge >= 0.3 is 20.8 Å². The van der Waals surface area contributed by atoms with E-state index in [0.29, 0.717) is 0 Å². The summed E-state index contributed by atoms with van der Waals surface area (Å²) in [6.07, 6.45) is 2.11. The molecule has 134 valence electrons. The van der Waals surface area contributed by atoms with Crippen LogP contribution in [0, 0.1) is 0 Å². The second-order valence-corrected chi connectivity index (χ2v) is 4.19. The molecule has 14 nitrogen and oxygen atoms in total. The summed E-state index contributed by atoms with van der Waals surface area (Å²) in [6.45, 7) is 6.17. The molecule has 0 bridgehead atoms. The molecule has 2 amide bonds. The van der Waals surface area contributed by atoms with E-state index >= 15 is 0 Å². The maximum absolute atomic E-state index is 9.51. The summed E-state index contributed by atoms with van der Waals surface area (Å²) in [7, 11) is -10.0. The van der Waals surface area contributed by atoms with E-state index in [2.05, 4.69) is 33.3 Å². The Hall–Kier alpha value is -1.92. The zero-order valence-corrected chi connectivity index (χ0v) is 12.7. The minimum absolute atomic E-state index is 0. The number of hydrogen-bond donors (Lipinski definition) is 6. The van der Waals surface area contributed by atoms with Gasteiger partial charge in [-0.1, -0.05) is 21.8 Å². The first-order valence-electron chi connectivity index (χ1n) is 3.91. The fraction of sp³-hybridized carbons (Fsp3) is 0.